The number of sulfonamides is 1. The van der Waals surface area contributed by atoms with E-state index in [0.29, 0.717) is 10.8 Å². The van der Waals surface area contributed by atoms with Crippen LogP contribution >= 0.6 is 12.2 Å². The maximum absolute atomic E-state index is 12.5. The van der Waals surface area contributed by atoms with Crippen molar-refractivity contribution in [2.45, 2.75) is 18.2 Å². The van der Waals surface area contributed by atoms with E-state index in [1.165, 1.54) is 5.56 Å². The molecular weight excluding hydrogens is 402 g/mol. The Labute approximate surface area is 177 Å². The smallest absolute Gasteiger partial charge is 0.261 e. The number of aryl methyl sites for hydroxylation is 1. The first-order valence-corrected chi connectivity index (χ1v) is 11.1. The molecular formula is C22H23N3O2S2. The highest BCUT2D eigenvalue weighted by Gasteiger charge is 2.13. The van der Waals surface area contributed by atoms with Gasteiger partial charge in [0.15, 0.2) is 5.11 Å². The van der Waals surface area contributed by atoms with E-state index in [9.17, 15) is 8.42 Å². The van der Waals surface area contributed by atoms with Crippen LogP contribution in [0, 0.1) is 6.92 Å². The van der Waals surface area contributed by atoms with Crippen molar-refractivity contribution >= 4 is 38.7 Å². The maximum atomic E-state index is 12.5. The number of hydrogen-bond acceptors (Lipinski definition) is 3. The van der Waals surface area contributed by atoms with Gasteiger partial charge in [-0.2, -0.15) is 0 Å². The largest absolute Gasteiger partial charge is 0.362 e. The molecule has 0 radical (unpaired) electrons. The summed E-state index contributed by atoms with van der Waals surface area (Å²) in [5.74, 6) is 0. The minimum absolute atomic E-state index is 0.231. The maximum Gasteiger partial charge on any atom is 0.261 e. The summed E-state index contributed by atoms with van der Waals surface area (Å²) in [5, 5.41) is 6.79. The van der Waals surface area contributed by atoms with E-state index in [1.807, 2.05) is 25.1 Å². The fourth-order valence-electron chi connectivity index (χ4n) is 2.69. The molecule has 0 atom stereocenters. The standard InChI is InChI=1S/C22H23N3O2S2/c1-17-7-13-21(14-8-17)29(26,27)25-20-11-9-19(10-12-20)24-22(28)23-16-15-18-5-3-2-4-6-18/h2-14,25H,15-16H2,1H3,(H2,23,24,28). The molecule has 0 spiro atoms. The van der Waals surface area contributed by atoms with Crippen molar-refractivity contribution in [1.82, 2.24) is 5.32 Å². The van der Waals surface area contributed by atoms with Gasteiger partial charge in [-0.05, 0) is 67.5 Å². The third-order valence-electron chi connectivity index (χ3n) is 4.27. The van der Waals surface area contributed by atoms with E-state index in [2.05, 4.69) is 27.5 Å². The molecule has 0 aliphatic carbocycles. The summed E-state index contributed by atoms with van der Waals surface area (Å²) in [6, 6.07) is 23.8. The van der Waals surface area contributed by atoms with Crippen molar-refractivity contribution in [3.05, 3.63) is 90.0 Å². The summed E-state index contributed by atoms with van der Waals surface area (Å²) in [6.07, 6.45) is 0.877. The normalized spacial score (nSPS) is 10.9. The van der Waals surface area contributed by atoms with E-state index >= 15 is 0 Å². The molecule has 0 heterocycles. The van der Waals surface area contributed by atoms with Gasteiger partial charge in [0.1, 0.15) is 0 Å². The van der Waals surface area contributed by atoms with Crippen LogP contribution in [-0.2, 0) is 16.4 Å². The lowest BCUT2D eigenvalue weighted by molar-refractivity contribution is 0.601. The molecule has 150 valence electrons. The van der Waals surface area contributed by atoms with Gasteiger partial charge in [-0.15, -0.1) is 0 Å². The van der Waals surface area contributed by atoms with E-state index in [4.69, 9.17) is 12.2 Å². The molecule has 7 heteroatoms. The van der Waals surface area contributed by atoms with Gasteiger partial charge in [-0.1, -0.05) is 48.0 Å². The number of thiocarbonyl (C=S) groups is 1. The average Bonchev–Trinajstić information content (AvgIpc) is 2.70. The van der Waals surface area contributed by atoms with E-state index < -0.39 is 10.0 Å². The van der Waals surface area contributed by atoms with Gasteiger partial charge in [-0.25, -0.2) is 8.42 Å². The molecule has 0 unspecified atom stereocenters. The fraction of sp³-hybridized carbons (Fsp3) is 0.136. The second kappa shape index (κ2) is 9.54. The molecule has 0 amide bonds. The van der Waals surface area contributed by atoms with E-state index in [-0.39, 0.29) is 4.90 Å². The second-order valence-corrected chi connectivity index (χ2v) is 8.70. The molecule has 0 aliphatic rings. The predicted octanol–water partition coefficient (Wildman–Crippen LogP) is 4.32. The molecule has 0 bridgehead atoms. The van der Waals surface area contributed by atoms with E-state index in [1.54, 1.807) is 48.5 Å². The molecule has 3 aromatic rings. The van der Waals surface area contributed by atoms with Gasteiger partial charge in [0, 0.05) is 17.9 Å². The predicted molar refractivity (Wildman–Crippen MR) is 123 cm³/mol. The summed E-state index contributed by atoms with van der Waals surface area (Å²) in [7, 11) is -3.61. The second-order valence-electron chi connectivity index (χ2n) is 6.61. The fourth-order valence-corrected chi connectivity index (χ4v) is 3.97. The lowest BCUT2D eigenvalue weighted by Crippen LogP contribution is -2.30. The minimum atomic E-state index is -3.61. The van der Waals surface area contributed by atoms with Gasteiger partial charge < -0.3 is 10.6 Å². The zero-order valence-corrected chi connectivity index (χ0v) is 17.7. The minimum Gasteiger partial charge on any atom is -0.362 e. The van der Waals surface area contributed by atoms with Crippen molar-refractivity contribution < 1.29 is 8.42 Å². The Morgan fingerprint density at radius 1 is 0.862 bits per heavy atom. The first-order chi connectivity index (χ1) is 13.9. The summed E-state index contributed by atoms with van der Waals surface area (Å²) in [5.41, 5.74) is 3.51. The Hall–Kier alpha value is -2.90. The number of rotatable bonds is 7. The third-order valence-corrected chi connectivity index (χ3v) is 5.91. The van der Waals surface area contributed by atoms with Gasteiger partial charge in [0.05, 0.1) is 4.90 Å². The number of nitrogens with one attached hydrogen (secondary N) is 3. The van der Waals surface area contributed by atoms with Crippen molar-refractivity contribution in [1.29, 1.82) is 0 Å². The quantitative estimate of drug-likeness (QED) is 0.492. The number of benzene rings is 3. The highest BCUT2D eigenvalue weighted by molar-refractivity contribution is 7.92. The molecule has 0 fully saturated rings. The number of anilines is 2. The van der Waals surface area contributed by atoms with Crippen molar-refractivity contribution in [2.24, 2.45) is 0 Å². The van der Waals surface area contributed by atoms with Crippen LogP contribution < -0.4 is 15.4 Å². The Kier molecular flexibility index (Phi) is 6.85. The summed E-state index contributed by atoms with van der Waals surface area (Å²) in [4.78, 5) is 0.231. The average molecular weight is 426 g/mol. The zero-order chi connectivity index (χ0) is 20.7. The van der Waals surface area contributed by atoms with Crippen LogP contribution in [0.25, 0.3) is 0 Å². The molecule has 5 nitrogen and oxygen atoms in total. The van der Waals surface area contributed by atoms with E-state index in [0.717, 1.165) is 24.2 Å². The molecule has 0 aliphatic heterocycles. The monoisotopic (exact) mass is 425 g/mol. The number of hydrogen-bond donors (Lipinski definition) is 3. The highest BCUT2D eigenvalue weighted by atomic mass is 32.2. The van der Waals surface area contributed by atoms with Crippen molar-refractivity contribution in [3.63, 3.8) is 0 Å². The van der Waals surface area contributed by atoms with Crippen molar-refractivity contribution in [2.75, 3.05) is 16.6 Å². The zero-order valence-electron chi connectivity index (χ0n) is 16.1. The van der Waals surface area contributed by atoms with Gasteiger partial charge >= 0.3 is 0 Å². The molecule has 3 N–H and O–H groups in total. The molecule has 0 aromatic heterocycles. The Bertz CT molecular complexity index is 1050. The van der Waals surface area contributed by atoms with Crippen LogP contribution in [0.1, 0.15) is 11.1 Å². The molecule has 3 rings (SSSR count). The van der Waals surface area contributed by atoms with Crippen LogP contribution in [0.15, 0.2) is 83.8 Å². The topological polar surface area (TPSA) is 70.2 Å². The molecule has 0 saturated carbocycles. The molecule has 3 aromatic carbocycles. The van der Waals surface area contributed by atoms with Crippen LogP contribution in [0.5, 0.6) is 0 Å². The summed E-state index contributed by atoms with van der Waals surface area (Å²) < 4.78 is 27.5. The SMILES string of the molecule is Cc1ccc(S(=O)(=O)Nc2ccc(NC(=S)NCCc3ccccc3)cc2)cc1. The van der Waals surface area contributed by atoms with Gasteiger partial charge in [0.2, 0.25) is 0 Å². The molecule has 29 heavy (non-hydrogen) atoms. The van der Waals surface area contributed by atoms with Crippen LogP contribution in [0.2, 0.25) is 0 Å². The van der Waals surface area contributed by atoms with Crippen LogP contribution in [-0.4, -0.2) is 20.1 Å². The van der Waals surface area contributed by atoms with Gasteiger partial charge in [-0.3, -0.25) is 4.72 Å². The summed E-state index contributed by atoms with van der Waals surface area (Å²) in [6.45, 7) is 2.64. The first-order valence-electron chi connectivity index (χ1n) is 9.21. The highest BCUT2D eigenvalue weighted by Crippen LogP contribution is 2.18. The first kappa shape index (κ1) is 20.8. The Balaban J connectivity index is 1.51. The molecule has 0 saturated heterocycles. The van der Waals surface area contributed by atoms with Crippen LogP contribution in [0.4, 0.5) is 11.4 Å². The summed E-state index contributed by atoms with van der Waals surface area (Å²) >= 11 is 5.31. The van der Waals surface area contributed by atoms with Gasteiger partial charge in [0.25, 0.3) is 10.0 Å². The Morgan fingerprint density at radius 3 is 2.14 bits per heavy atom. The Morgan fingerprint density at radius 2 is 1.48 bits per heavy atom. The third kappa shape index (κ3) is 6.30. The lowest BCUT2D eigenvalue weighted by Gasteiger charge is -2.12. The van der Waals surface area contributed by atoms with Crippen molar-refractivity contribution in [3.8, 4) is 0 Å². The lowest BCUT2D eigenvalue weighted by atomic mass is 10.1. The van der Waals surface area contributed by atoms with Crippen LogP contribution in [0.3, 0.4) is 0 Å².